The molecular weight excluding hydrogens is 250 g/mol. The van der Waals surface area contributed by atoms with Gasteiger partial charge in [0, 0.05) is 23.7 Å². The van der Waals surface area contributed by atoms with Crippen LogP contribution in [-0.2, 0) is 6.54 Å². The predicted octanol–water partition coefficient (Wildman–Crippen LogP) is 3.71. The van der Waals surface area contributed by atoms with E-state index in [1.807, 2.05) is 43.3 Å². The molecule has 0 fully saturated rings. The lowest BCUT2D eigenvalue weighted by Crippen LogP contribution is -2.01. The summed E-state index contributed by atoms with van der Waals surface area (Å²) in [6.07, 6.45) is 0. The third-order valence-corrected chi connectivity index (χ3v) is 3.29. The zero-order valence-electron chi connectivity index (χ0n) is 11.2. The van der Waals surface area contributed by atoms with E-state index in [4.69, 9.17) is 4.42 Å². The highest BCUT2D eigenvalue weighted by Crippen LogP contribution is 2.21. The largest absolute Gasteiger partial charge is 0.423 e. The Morgan fingerprint density at radius 3 is 2.65 bits per heavy atom. The molecule has 1 N–H and O–H groups in total. The van der Waals surface area contributed by atoms with Crippen molar-refractivity contribution >= 4 is 16.7 Å². The van der Waals surface area contributed by atoms with E-state index >= 15 is 0 Å². The first-order valence-electron chi connectivity index (χ1n) is 6.55. The predicted molar refractivity (Wildman–Crippen MR) is 81.0 cm³/mol. The highest BCUT2D eigenvalue weighted by Gasteiger charge is 2.03. The van der Waals surface area contributed by atoms with Crippen molar-refractivity contribution in [1.82, 2.24) is 0 Å². The summed E-state index contributed by atoms with van der Waals surface area (Å²) >= 11 is 0. The lowest BCUT2D eigenvalue weighted by molar-refractivity contribution is 0.560. The molecule has 3 nitrogen and oxygen atoms in total. The van der Waals surface area contributed by atoms with Gasteiger partial charge in [0.05, 0.1) is 0 Å². The van der Waals surface area contributed by atoms with Crippen molar-refractivity contribution in [3.05, 3.63) is 76.1 Å². The molecule has 1 aromatic heterocycles. The summed E-state index contributed by atoms with van der Waals surface area (Å²) in [5, 5.41) is 4.34. The summed E-state index contributed by atoms with van der Waals surface area (Å²) in [5.74, 6) is 0. The van der Waals surface area contributed by atoms with Gasteiger partial charge < -0.3 is 9.73 Å². The molecule has 0 aliphatic heterocycles. The second-order valence-corrected chi connectivity index (χ2v) is 4.80. The highest BCUT2D eigenvalue weighted by atomic mass is 16.4. The van der Waals surface area contributed by atoms with Crippen LogP contribution in [0.1, 0.15) is 11.1 Å². The number of nitrogens with one attached hydrogen (secondary N) is 1. The maximum Gasteiger partial charge on any atom is 0.336 e. The second-order valence-electron chi connectivity index (χ2n) is 4.80. The average molecular weight is 265 g/mol. The van der Waals surface area contributed by atoms with Crippen molar-refractivity contribution in [2.75, 3.05) is 5.32 Å². The number of anilines is 1. The van der Waals surface area contributed by atoms with Crippen molar-refractivity contribution in [2.24, 2.45) is 0 Å². The van der Waals surface area contributed by atoms with Gasteiger partial charge in [-0.15, -0.1) is 0 Å². The van der Waals surface area contributed by atoms with Gasteiger partial charge >= 0.3 is 5.63 Å². The molecule has 0 aliphatic carbocycles. The van der Waals surface area contributed by atoms with Crippen molar-refractivity contribution in [1.29, 1.82) is 0 Å². The zero-order chi connectivity index (χ0) is 13.9. The highest BCUT2D eigenvalue weighted by molar-refractivity contribution is 5.83. The van der Waals surface area contributed by atoms with E-state index in [9.17, 15) is 4.79 Å². The fourth-order valence-electron chi connectivity index (χ4n) is 2.23. The van der Waals surface area contributed by atoms with Gasteiger partial charge in [-0.1, -0.05) is 30.3 Å². The minimum atomic E-state index is -0.306. The molecule has 0 bridgehead atoms. The van der Waals surface area contributed by atoms with E-state index < -0.39 is 0 Å². The first kappa shape index (κ1) is 12.5. The Morgan fingerprint density at radius 2 is 1.85 bits per heavy atom. The number of aryl methyl sites for hydroxylation is 1. The average Bonchev–Trinajstić information content (AvgIpc) is 2.46. The Bertz CT molecular complexity index is 791. The van der Waals surface area contributed by atoms with Crippen LogP contribution >= 0.6 is 0 Å². The molecule has 100 valence electrons. The third-order valence-electron chi connectivity index (χ3n) is 3.29. The number of hydrogen-bond donors (Lipinski definition) is 1. The smallest absolute Gasteiger partial charge is 0.336 e. The lowest BCUT2D eigenvalue weighted by Gasteiger charge is -2.08. The normalized spacial score (nSPS) is 10.7. The van der Waals surface area contributed by atoms with E-state index in [1.54, 1.807) is 0 Å². The number of fused-ring (bicyclic) bond motifs is 1. The molecule has 0 saturated heterocycles. The Morgan fingerprint density at radius 1 is 1.05 bits per heavy atom. The molecule has 3 aromatic rings. The molecule has 0 atom stereocenters. The van der Waals surface area contributed by atoms with Gasteiger partial charge in [-0.25, -0.2) is 4.79 Å². The fraction of sp³-hybridized carbons (Fsp3) is 0.118. The van der Waals surface area contributed by atoms with Gasteiger partial charge in [0.15, 0.2) is 0 Å². The van der Waals surface area contributed by atoms with Gasteiger partial charge in [-0.2, -0.15) is 0 Å². The molecule has 20 heavy (non-hydrogen) atoms. The van der Waals surface area contributed by atoms with Crippen LogP contribution in [0.25, 0.3) is 11.0 Å². The van der Waals surface area contributed by atoms with Crippen LogP contribution in [0.3, 0.4) is 0 Å². The van der Waals surface area contributed by atoms with Crippen LogP contribution in [-0.4, -0.2) is 0 Å². The monoisotopic (exact) mass is 265 g/mol. The third kappa shape index (κ3) is 2.57. The van der Waals surface area contributed by atoms with E-state index in [0.717, 1.165) is 23.2 Å². The first-order valence-corrected chi connectivity index (χ1v) is 6.55. The Hall–Kier alpha value is -2.55. The quantitative estimate of drug-likeness (QED) is 0.734. The van der Waals surface area contributed by atoms with Crippen LogP contribution < -0.4 is 10.9 Å². The zero-order valence-corrected chi connectivity index (χ0v) is 11.2. The Labute approximate surface area is 116 Å². The standard InChI is InChI=1S/C17H15NO2/c1-12-9-17(19)20-16-8-7-14(10-15(12)16)18-11-13-5-3-2-4-6-13/h2-10,18H,11H2,1H3. The molecule has 0 amide bonds. The molecular formula is C17H15NO2. The summed E-state index contributed by atoms with van der Waals surface area (Å²) in [6.45, 7) is 2.68. The van der Waals surface area contributed by atoms with Crippen LogP contribution in [0.2, 0.25) is 0 Å². The number of rotatable bonds is 3. The van der Waals surface area contributed by atoms with Crippen LogP contribution in [0.4, 0.5) is 5.69 Å². The second kappa shape index (κ2) is 5.21. The van der Waals surface area contributed by atoms with E-state index in [1.165, 1.54) is 11.6 Å². The van der Waals surface area contributed by atoms with Gasteiger partial charge in [0.2, 0.25) is 0 Å². The molecule has 2 aromatic carbocycles. The maximum absolute atomic E-state index is 11.3. The minimum absolute atomic E-state index is 0.306. The molecule has 0 aliphatic rings. The van der Waals surface area contributed by atoms with Crippen molar-refractivity contribution in [3.8, 4) is 0 Å². The summed E-state index contributed by atoms with van der Waals surface area (Å²) in [5.41, 5.74) is 3.49. The van der Waals surface area contributed by atoms with Crippen LogP contribution in [0.15, 0.2) is 63.8 Å². The fourth-order valence-corrected chi connectivity index (χ4v) is 2.23. The summed E-state index contributed by atoms with van der Waals surface area (Å²) in [4.78, 5) is 11.3. The van der Waals surface area contributed by atoms with Crippen LogP contribution in [0, 0.1) is 6.92 Å². The molecule has 0 saturated carbocycles. The van der Waals surface area contributed by atoms with Gasteiger partial charge in [-0.05, 0) is 36.2 Å². The van der Waals surface area contributed by atoms with Gasteiger partial charge in [0.25, 0.3) is 0 Å². The molecule has 1 heterocycles. The summed E-state index contributed by atoms with van der Waals surface area (Å²) in [7, 11) is 0. The SMILES string of the molecule is Cc1cc(=O)oc2ccc(NCc3ccccc3)cc12. The molecule has 0 unspecified atom stereocenters. The molecule has 0 spiro atoms. The Balaban J connectivity index is 1.88. The van der Waals surface area contributed by atoms with Gasteiger partial charge in [-0.3, -0.25) is 0 Å². The van der Waals surface area contributed by atoms with Crippen molar-refractivity contribution in [2.45, 2.75) is 13.5 Å². The van der Waals surface area contributed by atoms with Crippen molar-refractivity contribution < 1.29 is 4.42 Å². The number of benzene rings is 2. The van der Waals surface area contributed by atoms with Gasteiger partial charge in [0.1, 0.15) is 5.58 Å². The van der Waals surface area contributed by atoms with Crippen LogP contribution in [0.5, 0.6) is 0 Å². The minimum Gasteiger partial charge on any atom is -0.423 e. The Kier molecular flexibility index (Phi) is 3.25. The van der Waals surface area contributed by atoms with E-state index in [0.29, 0.717) is 5.58 Å². The number of hydrogen-bond acceptors (Lipinski definition) is 3. The topological polar surface area (TPSA) is 42.2 Å². The molecule has 3 heteroatoms. The van der Waals surface area contributed by atoms with Crippen molar-refractivity contribution in [3.63, 3.8) is 0 Å². The van der Waals surface area contributed by atoms with E-state index in [2.05, 4.69) is 17.4 Å². The van der Waals surface area contributed by atoms with E-state index in [-0.39, 0.29) is 5.63 Å². The summed E-state index contributed by atoms with van der Waals surface area (Å²) in [6, 6.07) is 17.5. The maximum atomic E-state index is 11.3. The summed E-state index contributed by atoms with van der Waals surface area (Å²) < 4.78 is 5.18. The first-order chi connectivity index (χ1) is 9.72. The lowest BCUT2D eigenvalue weighted by atomic mass is 10.1. The molecule has 3 rings (SSSR count). The molecule has 0 radical (unpaired) electrons.